The van der Waals surface area contributed by atoms with Crippen LogP contribution < -0.4 is 10.2 Å². The zero-order chi connectivity index (χ0) is 16.2. The highest BCUT2D eigenvalue weighted by Crippen LogP contribution is 2.23. The molecule has 1 amide bonds. The van der Waals surface area contributed by atoms with Gasteiger partial charge in [-0.05, 0) is 49.1 Å². The van der Waals surface area contributed by atoms with Crippen molar-refractivity contribution in [2.75, 3.05) is 23.3 Å². The molecule has 0 saturated carbocycles. The predicted octanol–water partition coefficient (Wildman–Crippen LogP) is 4.22. The molecule has 23 heavy (non-hydrogen) atoms. The minimum absolute atomic E-state index is 0.160. The fourth-order valence-corrected chi connectivity index (χ4v) is 2.85. The molecular formula is C18H20ClN3O. The van der Waals surface area contributed by atoms with Crippen LogP contribution in [0.5, 0.6) is 0 Å². The van der Waals surface area contributed by atoms with Crippen LogP contribution in [-0.4, -0.2) is 24.0 Å². The second-order valence-corrected chi connectivity index (χ2v) is 6.50. The first-order valence-corrected chi connectivity index (χ1v) is 8.26. The minimum Gasteiger partial charge on any atom is -0.370 e. The van der Waals surface area contributed by atoms with E-state index in [-0.39, 0.29) is 5.91 Å². The Balaban J connectivity index is 1.71. The molecule has 1 aromatic carbocycles. The van der Waals surface area contributed by atoms with Gasteiger partial charge in [0.1, 0.15) is 0 Å². The molecular weight excluding hydrogens is 310 g/mol. The highest BCUT2D eigenvalue weighted by molar-refractivity contribution is 6.30. The van der Waals surface area contributed by atoms with E-state index in [1.807, 2.05) is 12.3 Å². The number of piperidine rings is 1. The summed E-state index contributed by atoms with van der Waals surface area (Å²) < 4.78 is 0. The van der Waals surface area contributed by atoms with Crippen molar-refractivity contribution >= 4 is 28.9 Å². The van der Waals surface area contributed by atoms with Gasteiger partial charge in [-0.1, -0.05) is 18.5 Å². The number of anilines is 2. The Morgan fingerprint density at radius 3 is 2.61 bits per heavy atom. The van der Waals surface area contributed by atoms with Gasteiger partial charge in [0.2, 0.25) is 0 Å². The lowest BCUT2D eigenvalue weighted by Crippen LogP contribution is -2.33. The van der Waals surface area contributed by atoms with Crippen LogP contribution in [-0.2, 0) is 0 Å². The van der Waals surface area contributed by atoms with Gasteiger partial charge in [0, 0.05) is 30.0 Å². The standard InChI is InChI=1S/C18H20ClN3O/c1-13-6-8-22(9-7-13)17-10-14(11-20-12-17)18(23)21-16-4-2-15(19)3-5-16/h2-5,10-13H,6-9H2,1H3,(H,21,23). The Morgan fingerprint density at radius 2 is 1.91 bits per heavy atom. The zero-order valence-corrected chi connectivity index (χ0v) is 13.9. The highest BCUT2D eigenvalue weighted by Gasteiger charge is 2.17. The summed E-state index contributed by atoms with van der Waals surface area (Å²) in [6, 6.07) is 8.97. The normalized spacial score (nSPS) is 15.5. The Labute approximate surface area is 141 Å². The number of aromatic nitrogens is 1. The molecule has 120 valence electrons. The molecule has 0 bridgehead atoms. The third kappa shape index (κ3) is 4.02. The Morgan fingerprint density at radius 1 is 1.22 bits per heavy atom. The predicted molar refractivity (Wildman–Crippen MR) is 94.3 cm³/mol. The summed E-state index contributed by atoms with van der Waals surface area (Å²) in [5.41, 5.74) is 2.30. The van der Waals surface area contributed by atoms with E-state index in [1.54, 1.807) is 30.5 Å². The van der Waals surface area contributed by atoms with Crippen molar-refractivity contribution < 1.29 is 4.79 Å². The average Bonchev–Trinajstić information content (AvgIpc) is 2.58. The summed E-state index contributed by atoms with van der Waals surface area (Å²) in [4.78, 5) is 18.9. The number of nitrogens with one attached hydrogen (secondary N) is 1. The van der Waals surface area contributed by atoms with Gasteiger partial charge in [-0.15, -0.1) is 0 Å². The van der Waals surface area contributed by atoms with Crippen LogP contribution in [0.1, 0.15) is 30.1 Å². The third-order valence-electron chi connectivity index (χ3n) is 4.24. The number of rotatable bonds is 3. The number of amides is 1. The van der Waals surface area contributed by atoms with Gasteiger partial charge < -0.3 is 10.2 Å². The van der Waals surface area contributed by atoms with Crippen molar-refractivity contribution in [2.24, 2.45) is 5.92 Å². The van der Waals surface area contributed by atoms with Gasteiger partial charge in [-0.2, -0.15) is 0 Å². The van der Waals surface area contributed by atoms with Gasteiger partial charge in [-0.3, -0.25) is 9.78 Å². The number of hydrogen-bond acceptors (Lipinski definition) is 3. The van der Waals surface area contributed by atoms with Crippen LogP contribution in [0.25, 0.3) is 0 Å². The third-order valence-corrected chi connectivity index (χ3v) is 4.49. The van der Waals surface area contributed by atoms with Gasteiger partial charge >= 0.3 is 0 Å². The van der Waals surface area contributed by atoms with Crippen LogP contribution in [0.2, 0.25) is 5.02 Å². The molecule has 1 saturated heterocycles. The summed E-state index contributed by atoms with van der Waals surface area (Å²) >= 11 is 5.85. The molecule has 3 rings (SSSR count). The number of pyridine rings is 1. The van der Waals surface area contributed by atoms with Crippen molar-refractivity contribution in [3.05, 3.63) is 53.3 Å². The van der Waals surface area contributed by atoms with Crippen LogP contribution >= 0.6 is 11.6 Å². The number of carbonyl (C=O) groups is 1. The number of carbonyl (C=O) groups excluding carboxylic acids is 1. The molecule has 2 heterocycles. The van der Waals surface area contributed by atoms with Crippen LogP contribution in [0, 0.1) is 5.92 Å². The molecule has 5 heteroatoms. The van der Waals surface area contributed by atoms with E-state index in [0.29, 0.717) is 10.6 Å². The van der Waals surface area contributed by atoms with E-state index in [9.17, 15) is 4.79 Å². The molecule has 0 radical (unpaired) electrons. The maximum absolute atomic E-state index is 12.4. The first kappa shape index (κ1) is 15.8. The second kappa shape index (κ2) is 7.01. The number of benzene rings is 1. The molecule has 0 atom stereocenters. The fraction of sp³-hybridized carbons (Fsp3) is 0.333. The first-order chi connectivity index (χ1) is 11.1. The Hall–Kier alpha value is -2.07. The Kier molecular flexibility index (Phi) is 4.82. The van der Waals surface area contributed by atoms with E-state index >= 15 is 0 Å². The number of halogens is 1. The van der Waals surface area contributed by atoms with Crippen LogP contribution in [0.3, 0.4) is 0 Å². The largest absolute Gasteiger partial charge is 0.370 e. The molecule has 0 unspecified atom stereocenters. The van der Waals surface area contributed by atoms with Crippen molar-refractivity contribution in [1.82, 2.24) is 4.98 Å². The lowest BCUT2D eigenvalue weighted by atomic mass is 9.99. The summed E-state index contributed by atoms with van der Waals surface area (Å²) in [5, 5.41) is 3.51. The molecule has 0 aliphatic carbocycles. The van der Waals surface area contributed by atoms with Gasteiger partial charge in [-0.25, -0.2) is 0 Å². The van der Waals surface area contributed by atoms with E-state index < -0.39 is 0 Å². The molecule has 1 N–H and O–H groups in total. The van der Waals surface area contributed by atoms with E-state index in [0.717, 1.165) is 30.4 Å². The smallest absolute Gasteiger partial charge is 0.257 e. The lowest BCUT2D eigenvalue weighted by Gasteiger charge is -2.32. The molecule has 1 aliphatic rings. The molecule has 0 spiro atoms. The summed E-state index contributed by atoms with van der Waals surface area (Å²) in [7, 11) is 0. The van der Waals surface area contributed by atoms with E-state index in [2.05, 4.69) is 22.1 Å². The molecule has 4 nitrogen and oxygen atoms in total. The first-order valence-electron chi connectivity index (χ1n) is 7.89. The highest BCUT2D eigenvalue weighted by atomic mass is 35.5. The summed E-state index contributed by atoms with van der Waals surface area (Å²) in [6.07, 6.45) is 5.79. The topological polar surface area (TPSA) is 45.2 Å². The number of nitrogens with zero attached hydrogens (tertiary/aromatic N) is 2. The SMILES string of the molecule is CC1CCN(c2cncc(C(=O)Nc3ccc(Cl)cc3)c2)CC1. The maximum Gasteiger partial charge on any atom is 0.257 e. The van der Waals surface area contributed by atoms with Crippen molar-refractivity contribution in [3.8, 4) is 0 Å². The lowest BCUT2D eigenvalue weighted by molar-refractivity contribution is 0.102. The van der Waals surface area contributed by atoms with Crippen LogP contribution in [0.4, 0.5) is 11.4 Å². The average molecular weight is 330 g/mol. The van der Waals surface area contributed by atoms with E-state index in [4.69, 9.17) is 11.6 Å². The van der Waals surface area contributed by atoms with Gasteiger partial charge in [0.05, 0.1) is 17.4 Å². The zero-order valence-electron chi connectivity index (χ0n) is 13.1. The quantitative estimate of drug-likeness (QED) is 0.916. The molecule has 2 aromatic rings. The molecule has 1 aliphatic heterocycles. The van der Waals surface area contributed by atoms with Gasteiger partial charge in [0.15, 0.2) is 0 Å². The minimum atomic E-state index is -0.160. The Bertz CT molecular complexity index is 679. The van der Waals surface area contributed by atoms with Crippen molar-refractivity contribution in [1.29, 1.82) is 0 Å². The monoisotopic (exact) mass is 329 g/mol. The van der Waals surface area contributed by atoms with Crippen molar-refractivity contribution in [3.63, 3.8) is 0 Å². The maximum atomic E-state index is 12.4. The number of hydrogen-bond donors (Lipinski definition) is 1. The fourth-order valence-electron chi connectivity index (χ4n) is 2.73. The van der Waals surface area contributed by atoms with Gasteiger partial charge in [0.25, 0.3) is 5.91 Å². The molecule has 1 aromatic heterocycles. The van der Waals surface area contributed by atoms with Crippen LogP contribution in [0.15, 0.2) is 42.7 Å². The molecule has 1 fully saturated rings. The second-order valence-electron chi connectivity index (χ2n) is 6.06. The summed E-state index contributed by atoms with van der Waals surface area (Å²) in [6.45, 7) is 4.32. The van der Waals surface area contributed by atoms with E-state index in [1.165, 1.54) is 12.8 Å². The van der Waals surface area contributed by atoms with Crippen molar-refractivity contribution in [2.45, 2.75) is 19.8 Å². The summed E-state index contributed by atoms with van der Waals surface area (Å²) in [5.74, 6) is 0.614.